The van der Waals surface area contributed by atoms with Crippen LogP contribution in [0.15, 0.2) is 109 Å². The van der Waals surface area contributed by atoms with Crippen LogP contribution in [0.25, 0.3) is 0 Å². The van der Waals surface area contributed by atoms with Gasteiger partial charge in [-0.3, -0.25) is 0 Å². The van der Waals surface area contributed by atoms with E-state index in [1.54, 1.807) is 11.1 Å². The Morgan fingerprint density at radius 2 is 1.21 bits per heavy atom. The SMILES string of the molecule is CC(C)(c1ccccc1)c1cc(CP(c2ccc[nH]2)c2ccc[nH]2)c(C23CC4CC(CC(C4)C2CP)C3)cc1C(C)(C)c1ccccc1. The summed E-state index contributed by atoms with van der Waals surface area (Å²) in [4.78, 5) is 7.31. The van der Waals surface area contributed by atoms with Crippen molar-refractivity contribution in [3.63, 3.8) is 0 Å². The van der Waals surface area contributed by atoms with Crippen molar-refractivity contribution < 1.29 is 0 Å². The normalized spacial score (nSPS) is 25.2. The highest BCUT2D eigenvalue weighted by Gasteiger charge is 2.57. The number of benzene rings is 3. The third kappa shape index (κ3) is 5.38. The van der Waals surface area contributed by atoms with Gasteiger partial charge in [0.15, 0.2) is 0 Å². The van der Waals surface area contributed by atoms with Crippen molar-refractivity contribution in [3.05, 3.63) is 143 Å². The lowest BCUT2D eigenvalue weighted by atomic mass is 9.43. The lowest BCUT2D eigenvalue weighted by Crippen LogP contribution is -2.56. The molecule has 0 aliphatic heterocycles. The van der Waals surface area contributed by atoms with Gasteiger partial charge in [-0.25, -0.2) is 0 Å². The molecule has 4 fully saturated rings. The van der Waals surface area contributed by atoms with Crippen LogP contribution in [0.4, 0.5) is 0 Å². The lowest BCUT2D eigenvalue weighted by molar-refractivity contribution is -0.0521. The maximum Gasteiger partial charge on any atom is 0.0448 e. The minimum atomic E-state index is -0.630. The van der Waals surface area contributed by atoms with E-state index in [1.165, 1.54) is 71.4 Å². The Hall–Kier alpha value is -2.92. The number of H-pyrrole nitrogens is 2. The van der Waals surface area contributed by atoms with Gasteiger partial charge in [-0.1, -0.05) is 100 Å². The molecule has 2 N–H and O–H groups in total. The largest absolute Gasteiger partial charge is 0.361 e. The van der Waals surface area contributed by atoms with Crippen LogP contribution in [0.5, 0.6) is 0 Å². The third-order valence-corrected chi connectivity index (χ3v) is 15.9. The molecular weight excluding hydrogens is 618 g/mol. The first-order valence-electron chi connectivity index (χ1n) is 18.2. The molecule has 5 aromatic rings. The molecule has 0 amide bonds. The van der Waals surface area contributed by atoms with Gasteiger partial charge in [0.1, 0.15) is 0 Å². The van der Waals surface area contributed by atoms with Gasteiger partial charge in [-0.15, -0.1) is 9.24 Å². The molecule has 4 unspecified atom stereocenters. The van der Waals surface area contributed by atoms with Gasteiger partial charge in [0.05, 0.1) is 0 Å². The van der Waals surface area contributed by atoms with E-state index in [0.717, 1.165) is 29.8 Å². The second-order valence-corrected chi connectivity index (χ2v) is 18.9. The van der Waals surface area contributed by atoms with E-state index in [-0.39, 0.29) is 16.2 Å². The van der Waals surface area contributed by atoms with Crippen LogP contribution in [0, 0.1) is 23.7 Å². The van der Waals surface area contributed by atoms with Crippen molar-refractivity contribution in [2.45, 2.75) is 82.2 Å². The molecule has 0 radical (unpaired) electrons. The monoisotopic (exact) mass is 670 g/mol. The van der Waals surface area contributed by atoms with Gasteiger partial charge in [-0.05, 0) is 133 Å². The summed E-state index contributed by atoms with van der Waals surface area (Å²) in [5.74, 6) is 3.35. The minimum Gasteiger partial charge on any atom is -0.361 e. The Labute approximate surface area is 291 Å². The summed E-state index contributed by atoms with van der Waals surface area (Å²) in [7, 11) is 2.60. The van der Waals surface area contributed by atoms with Crippen LogP contribution in [0.1, 0.15) is 93.2 Å². The van der Waals surface area contributed by atoms with Crippen molar-refractivity contribution >= 4 is 28.0 Å². The Morgan fingerprint density at radius 3 is 1.69 bits per heavy atom. The Morgan fingerprint density at radius 1 is 0.688 bits per heavy atom. The maximum atomic E-state index is 3.65. The van der Waals surface area contributed by atoms with E-state index in [0.29, 0.717) is 0 Å². The first-order valence-corrected chi connectivity index (χ1v) is 20.6. The van der Waals surface area contributed by atoms with Gasteiger partial charge >= 0.3 is 0 Å². The maximum absolute atomic E-state index is 3.65. The van der Waals surface area contributed by atoms with Crippen molar-refractivity contribution in [1.29, 1.82) is 0 Å². The molecule has 3 aromatic carbocycles. The minimum absolute atomic E-state index is 0.154. The van der Waals surface area contributed by atoms with Crippen LogP contribution in [0.2, 0.25) is 0 Å². The molecule has 4 atom stereocenters. The smallest absolute Gasteiger partial charge is 0.0448 e. The molecule has 2 heterocycles. The summed E-state index contributed by atoms with van der Waals surface area (Å²) < 4.78 is 0. The molecule has 4 saturated carbocycles. The molecule has 4 aliphatic rings. The number of rotatable bonds is 10. The Balaban J connectivity index is 1.41. The first kappa shape index (κ1) is 32.3. The molecule has 48 heavy (non-hydrogen) atoms. The summed E-state index contributed by atoms with van der Waals surface area (Å²) >= 11 is 0. The average Bonchev–Trinajstić information content (AvgIpc) is 3.83. The highest BCUT2D eigenvalue weighted by atomic mass is 31.1. The second kappa shape index (κ2) is 12.4. The number of hydrogen-bond donors (Lipinski definition) is 2. The molecule has 4 bridgehead atoms. The van der Waals surface area contributed by atoms with Gasteiger partial charge < -0.3 is 9.97 Å². The van der Waals surface area contributed by atoms with Crippen molar-refractivity contribution in [3.8, 4) is 0 Å². The molecule has 2 aromatic heterocycles. The number of nitrogens with one attached hydrogen (secondary N) is 2. The first-order chi connectivity index (χ1) is 23.2. The van der Waals surface area contributed by atoms with Crippen LogP contribution < -0.4 is 10.9 Å². The fourth-order valence-corrected chi connectivity index (χ4v) is 13.8. The van der Waals surface area contributed by atoms with E-state index in [4.69, 9.17) is 0 Å². The van der Waals surface area contributed by atoms with Crippen LogP contribution >= 0.6 is 17.2 Å². The van der Waals surface area contributed by atoms with Gasteiger partial charge in [0.25, 0.3) is 0 Å². The summed E-state index contributed by atoms with van der Waals surface area (Å²) in [6, 6.07) is 37.0. The number of aromatic nitrogens is 2. The molecular formula is C44H52N2P2. The van der Waals surface area contributed by atoms with E-state index in [9.17, 15) is 0 Å². The standard InChI is InChI=1S/C44H52N2P2/c1-42(2,34-13-7-5-8-14-34)37-24-33(29-48(40-17-11-19-45-40)41-18-12-20-46-41)36(25-38(37)43(3,4)35-15-9-6-10-16-35)44-26-30-21-31(27-44)23-32(22-30)39(44)28-47/h5-20,24-25,30-32,39,45-46H,21-23,26-29,47H2,1-4H3. The van der Waals surface area contributed by atoms with E-state index < -0.39 is 7.92 Å². The fraction of sp³-hybridized carbons (Fsp3) is 0.409. The molecule has 9 rings (SSSR count). The van der Waals surface area contributed by atoms with Crippen LogP contribution in [0.3, 0.4) is 0 Å². The number of aromatic amines is 2. The van der Waals surface area contributed by atoms with E-state index in [2.05, 4.69) is 156 Å². The molecule has 2 nitrogen and oxygen atoms in total. The summed E-state index contributed by atoms with van der Waals surface area (Å²) in [5.41, 5.74) is 11.6. The van der Waals surface area contributed by atoms with Crippen LogP contribution in [-0.4, -0.2) is 16.1 Å². The predicted octanol–water partition coefficient (Wildman–Crippen LogP) is 10.2. The summed E-state index contributed by atoms with van der Waals surface area (Å²) in [6.07, 6.45) is 13.5. The number of hydrogen-bond acceptors (Lipinski definition) is 0. The molecule has 0 spiro atoms. The Kier molecular flexibility index (Phi) is 8.37. The zero-order valence-corrected chi connectivity index (χ0v) is 31.2. The molecule has 4 heteroatoms. The van der Waals surface area contributed by atoms with Gasteiger partial charge in [0.2, 0.25) is 0 Å². The zero-order chi connectivity index (χ0) is 33.1. The third-order valence-electron chi connectivity index (χ3n) is 13.0. The van der Waals surface area contributed by atoms with E-state index in [1.807, 2.05) is 0 Å². The van der Waals surface area contributed by atoms with Crippen LogP contribution in [-0.2, 0) is 22.4 Å². The highest BCUT2D eigenvalue weighted by Crippen LogP contribution is 2.65. The fourth-order valence-electron chi connectivity index (χ4n) is 10.7. The molecule has 0 saturated heterocycles. The quantitative estimate of drug-likeness (QED) is 0.139. The van der Waals surface area contributed by atoms with Gasteiger partial charge in [-0.2, -0.15) is 0 Å². The second-order valence-electron chi connectivity index (χ2n) is 16.3. The average molecular weight is 671 g/mol. The highest BCUT2D eigenvalue weighted by molar-refractivity contribution is 7.71. The molecule has 248 valence electrons. The summed E-state index contributed by atoms with van der Waals surface area (Å²) in [5, 5.41) is 0. The van der Waals surface area contributed by atoms with Crippen molar-refractivity contribution in [1.82, 2.24) is 9.97 Å². The molecule has 4 aliphatic carbocycles. The van der Waals surface area contributed by atoms with Gasteiger partial charge in [0, 0.05) is 40.3 Å². The summed E-state index contributed by atoms with van der Waals surface area (Å²) in [6.45, 7) is 9.87. The topological polar surface area (TPSA) is 31.6 Å². The Bertz CT molecular complexity index is 1790. The van der Waals surface area contributed by atoms with Crippen molar-refractivity contribution in [2.24, 2.45) is 23.7 Å². The predicted molar refractivity (Wildman–Crippen MR) is 208 cm³/mol. The zero-order valence-electron chi connectivity index (χ0n) is 29.2. The van der Waals surface area contributed by atoms with Crippen molar-refractivity contribution in [2.75, 3.05) is 6.16 Å². The van der Waals surface area contributed by atoms with E-state index >= 15 is 0 Å². The lowest BCUT2D eigenvalue weighted by Gasteiger charge is -2.62.